The van der Waals surface area contributed by atoms with E-state index in [1.54, 1.807) is 0 Å². The molecule has 0 aliphatic carbocycles. The van der Waals surface area contributed by atoms with Crippen molar-refractivity contribution < 1.29 is 19.5 Å². The highest BCUT2D eigenvalue weighted by molar-refractivity contribution is 5.86. The number of hydrogen-bond donors (Lipinski definition) is 5. The van der Waals surface area contributed by atoms with Crippen LogP contribution in [0.2, 0.25) is 0 Å². The maximum absolute atomic E-state index is 11.4. The Morgan fingerprint density at radius 2 is 1.83 bits per heavy atom. The molecule has 0 unspecified atom stereocenters. The lowest BCUT2D eigenvalue weighted by atomic mass is 10.1. The van der Waals surface area contributed by atoms with Gasteiger partial charge in [-0.1, -0.05) is 0 Å². The lowest BCUT2D eigenvalue weighted by Crippen LogP contribution is -2.44. The molecular weight excluding hydrogens is 240 g/mol. The van der Waals surface area contributed by atoms with Crippen molar-refractivity contribution in [2.24, 2.45) is 11.6 Å². The lowest BCUT2D eigenvalue weighted by molar-refractivity contribution is -0.137. The third kappa shape index (κ3) is 8.48. The molecule has 0 rings (SSSR count). The molecule has 0 fully saturated rings. The van der Waals surface area contributed by atoms with Crippen LogP contribution in [0.15, 0.2) is 0 Å². The summed E-state index contributed by atoms with van der Waals surface area (Å²) in [5.41, 5.74) is 7.54. The number of unbranched alkanes of at least 4 members (excludes halogenated alkanes) is 1. The summed E-state index contributed by atoms with van der Waals surface area (Å²) in [6, 6.07) is -0.929. The van der Waals surface area contributed by atoms with Crippen molar-refractivity contribution in [3.8, 4) is 0 Å². The predicted octanol–water partition coefficient (Wildman–Crippen LogP) is -1.55. The molecule has 8 heteroatoms. The highest BCUT2D eigenvalue weighted by atomic mass is 16.4. The van der Waals surface area contributed by atoms with Gasteiger partial charge >= 0.3 is 5.97 Å². The van der Waals surface area contributed by atoms with E-state index >= 15 is 0 Å². The summed E-state index contributed by atoms with van der Waals surface area (Å²) in [5.74, 6) is 2.98. The Morgan fingerprint density at radius 3 is 2.33 bits per heavy atom. The summed E-state index contributed by atoms with van der Waals surface area (Å²) in [6.45, 7) is 0.603. The van der Waals surface area contributed by atoms with E-state index in [1.807, 2.05) is 0 Å². The van der Waals surface area contributed by atoms with Crippen LogP contribution in [-0.4, -0.2) is 35.5 Å². The van der Waals surface area contributed by atoms with E-state index in [9.17, 15) is 14.4 Å². The van der Waals surface area contributed by atoms with E-state index < -0.39 is 17.9 Å². The second-order valence-corrected chi connectivity index (χ2v) is 3.87. The first kappa shape index (κ1) is 16.3. The van der Waals surface area contributed by atoms with Gasteiger partial charge in [0.1, 0.15) is 6.04 Å². The van der Waals surface area contributed by atoms with Gasteiger partial charge in [-0.3, -0.25) is 25.7 Å². The van der Waals surface area contributed by atoms with Crippen molar-refractivity contribution >= 4 is 17.8 Å². The Morgan fingerprint density at radius 1 is 1.17 bits per heavy atom. The minimum Gasteiger partial charge on any atom is -0.481 e. The molecule has 8 nitrogen and oxygen atoms in total. The average molecular weight is 260 g/mol. The molecule has 0 aliphatic heterocycles. The first-order chi connectivity index (χ1) is 8.47. The average Bonchev–Trinajstić information content (AvgIpc) is 2.29. The van der Waals surface area contributed by atoms with Crippen LogP contribution in [-0.2, 0) is 14.4 Å². The molecule has 0 radical (unpaired) electrons. The monoisotopic (exact) mass is 260 g/mol. The lowest BCUT2D eigenvalue weighted by Gasteiger charge is -2.14. The third-order valence-corrected chi connectivity index (χ3v) is 2.30. The van der Waals surface area contributed by atoms with Gasteiger partial charge in [0.15, 0.2) is 0 Å². The van der Waals surface area contributed by atoms with Crippen molar-refractivity contribution in [3.05, 3.63) is 0 Å². The van der Waals surface area contributed by atoms with Crippen LogP contribution in [0.25, 0.3) is 0 Å². The highest BCUT2D eigenvalue weighted by Crippen LogP contribution is 2.00. The second-order valence-electron chi connectivity index (χ2n) is 3.87. The number of carbonyl (C=O) groups excluding carboxylic acids is 2. The smallest absolute Gasteiger partial charge is 0.303 e. The molecule has 2 amide bonds. The fourth-order valence-corrected chi connectivity index (χ4v) is 1.33. The van der Waals surface area contributed by atoms with Gasteiger partial charge in [0.05, 0.1) is 0 Å². The number of carboxylic acid groups (broad SMARTS) is 1. The van der Waals surface area contributed by atoms with Gasteiger partial charge in [-0.15, -0.1) is 0 Å². The second kappa shape index (κ2) is 9.37. The Bertz CT molecular complexity index is 296. The van der Waals surface area contributed by atoms with E-state index in [4.69, 9.17) is 16.7 Å². The number of aliphatic carboxylic acids is 1. The van der Waals surface area contributed by atoms with Gasteiger partial charge in [0.25, 0.3) is 0 Å². The van der Waals surface area contributed by atoms with Gasteiger partial charge in [-0.05, 0) is 19.3 Å². The molecule has 1 atom stereocenters. The van der Waals surface area contributed by atoms with Gasteiger partial charge < -0.3 is 16.2 Å². The highest BCUT2D eigenvalue weighted by Gasteiger charge is 2.18. The standard InChI is InChI=1S/C10H20N4O4/c11-10(18)7(4-5-9(16)17)14-8(15)3-1-2-6-13-12/h7,13H,1-6,12H2,(H2,11,18)(H,14,15)(H,16,17)/t7-/m0/s1. The van der Waals surface area contributed by atoms with E-state index in [1.165, 1.54) is 0 Å². The summed E-state index contributed by atoms with van der Waals surface area (Å²) in [7, 11) is 0. The molecule has 0 heterocycles. The van der Waals surface area contributed by atoms with Gasteiger partial charge in [0, 0.05) is 19.4 Å². The van der Waals surface area contributed by atoms with E-state index in [0.29, 0.717) is 13.0 Å². The fraction of sp³-hybridized carbons (Fsp3) is 0.700. The van der Waals surface area contributed by atoms with Gasteiger partial charge in [-0.25, -0.2) is 0 Å². The van der Waals surface area contributed by atoms with E-state index in [2.05, 4.69) is 10.7 Å². The first-order valence-corrected chi connectivity index (χ1v) is 5.71. The minimum atomic E-state index is -1.04. The Balaban J connectivity index is 3.96. The summed E-state index contributed by atoms with van der Waals surface area (Å²) in [6.07, 6.45) is 1.39. The number of primary amides is 1. The van der Waals surface area contributed by atoms with Crippen molar-refractivity contribution in [2.75, 3.05) is 6.54 Å². The molecule has 0 spiro atoms. The number of amides is 2. The van der Waals surface area contributed by atoms with Crippen LogP contribution in [0.3, 0.4) is 0 Å². The molecule has 18 heavy (non-hydrogen) atoms. The van der Waals surface area contributed by atoms with E-state index in [0.717, 1.165) is 6.42 Å². The summed E-state index contributed by atoms with van der Waals surface area (Å²) < 4.78 is 0. The van der Waals surface area contributed by atoms with Crippen molar-refractivity contribution in [1.82, 2.24) is 10.7 Å². The number of carboxylic acids is 1. The Labute approximate surface area is 105 Å². The van der Waals surface area contributed by atoms with Crippen molar-refractivity contribution in [1.29, 1.82) is 0 Å². The molecule has 0 bridgehead atoms. The van der Waals surface area contributed by atoms with E-state index in [-0.39, 0.29) is 25.2 Å². The molecular formula is C10H20N4O4. The van der Waals surface area contributed by atoms with Gasteiger partial charge in [-0.2, -0.15) is 0 Å². The van der Waals surface area contributed by atoms with Crippen LogP contribution in [0.5, 0.6) is 0 Å². The quantitative estimate of drug-likeness (QED) is 0.182. The predicted molar refractivity (Wildman–Crippen MR) is 64.0 cm³/mol. The summed E-state index contributed by atoms with van der Waals surface area (Å²) in [4.78, 5) is 32.8. The fourth-order valence-electron chi connectivity index (χ4n) is 1.33. The van der Waals surface area contributed by atoms with Crippen LogP contribution in [0.1, 0.15) is 32.1 Å². The maximum Gasteiger partial charge on any atom is 0.303 e. The number of rotatable bonds is 10. The molecule has 0 aromatic carbocycles. The van der Waals surface area contributed by atoms with Crippen LogP contribution in [0, 0.1) is 0 Å². The normalized spacial score (nSPS) is 11.8. The zero-order valence-electron chi connectivity index (χ0n) is 10.1. The largest absolute Gasteiger partial charge is 0.481 e. The molecule has 0 aliphatic rings. The molecule has 0 aromatic rings. The third-order valence-electron chi connectivity index (χ3n) is 2.30. The zero-order valence-corrected chi connectivity index (χ0v) is 10.1. The SMILES string of the molecule is NNCCCCC(=O)N[C@@H](CCC(=O)O)C(N)=O. The van der Waals surface area contributed by atoms with Gasteiger partial charge in [0.2, 0.25) is 11.8 Å². The topological polar surface area (TPSA) is 148 Å². The van der Waals surface area contributed by atoms with Crippen LogP contribution in [0.4, 0.5) is 0 Å². The number of nitrogens with one attached hydrogen (secondary N) is 2. The van der Waals surface area contributed by atoms with Crippen LogP contribution >= 0.6 is 0 Å². The molecule has 104 valence electrons. The Kier molecular flexibility index (Phi) is 8.50. The minimum absolute atomic E-state index is 0.000756. The Hall–Kier alpha value is -1.67. The molecule has 0 saturated carbocycles. The number of hydrogen-bond acceptors (Lipinski definition) is 5. The molecule has 7 N–H and O–H groups in total. The number of carbonyl (C=O) groups is 3. The zero-order chi connectivity index (χ0) is 14.0. The van der Waals surface area contributed by atoms with Crippen molar-refractivity contribution in [2.45, 2.75) is 38.1 Å². The molecule has 0 aromatic heterocycles. The van der Waals surface area contributed by atoms with Crippen molar-refractivity contribution in [3.63, 3.8) is 0 Å². The van der Waals surface area contributed by atoms with Crippen LogP contribution < -0.4 is 22.3 Å². The number of nitrogens with two attached hydrogens (primary N) is 2. The summed E-state index contributed by atoms with van der Waals surface area (Å²) in [5, 5.41) is 10.9. The maximum atomic E-state index is 11.4. The molecule has 0 saturated heterocycles. The number of hydrazine groups is 1. The first-order valence-electron chi connectivity index (χ1n) is 5.71. The summed E-state index contributed by atoms with van der Waals surface area (Å²) >= 11 is 0.